The third kappa shape index (κ3) is 6.76. The Bertz CT molecular complexity index is 1300. The van der Waals surface area contributed by atoms with Crippen LogP contribution >= 0.6 is 0 Å². The second-order valence-electron chi connectivity index (χ2n) is 12.9. The highest BCUT2D eigenvalue weighted by atomic mass is 19.4. The normalized spacial score (nSPS) is 23.3. The van der Waals surface area contributed by atoms with Crippen molar-refractivity contribution in [3.05, 3.63) is 53.2 Å². The molecule has 1 aromatic carbocycles. The van der Waals surface area contributed by atoms with Crippen LogP contribution in [0.1, 0.15) is 75.6 Å². The molecule has 4 atom stereocenters. The molecule has 1 amide bonds. The SMILES string of the molecule is COc1ccc(C(F)(F)F)cc1CNC1C(c2cccnc2N(C)C)N(C(=O)C2CCCCC2)C(C(=O)O)C1C(C)(C)C. The van der Waals surface area contributed by atoms with E-state index in [-0.39, 0.29) is 29.7 Å². The van der Waals surface area contributed by atoms with Crippen molar-refractivity contribution in [2.75, 3.05) is 26.1 Å². The number of nitrogens with one attached hydrogen (secondary N) is 1. The number of aliphatic carboxylic acids is 1. The van der Waals surface area contributed by atoms with Crippen LogP contribution in [0.2, 0.25) is 0 Å². The fourth-order valence-electron chi connectivity index (χ4n) is 6.95. The summed E-state index contributed by atoms with van der Waals surface area (Å²) in [5, 5.41) is 14.2. The number of likely N-dealkylation sites (tertiary alicyclic amines) is 1. The first-order chi connectivity index (χ1) is 20.2. The molecule has 0 spiro atoms. The molecule has 0 radical (unpaired) electrons. The van der Waals surface area contributed by atoms with Crippen molar-refractivity contribution in [3.63, 3.8) is 0 Å². The Labute approximate surface area is 251 Å². The smallest absolute Gasteiger partial charge is 0.416 e. The van der Waals surface area contributed by atoms with Gasteiger partial charge in [-0.15, -0.1) is 0 Å². The number of carboxylic acid groups (broad SMARTS) is 1. The zero-order valence-electron chi connectivity index (χ0n) is 25.7. The Morgan fingerprint density at radius 3 is 2.35 bits per heavy atom. The van der Waals surface area contributed by atoms with E-state index in [4.69, 9.17) is 4.74 Å². The summed E-state index contributed by atoms with van der Waals surface area (Å²) in [6.45, 7) is 5.79. The van der Waals surface area contributed by atoms with E-state index in [0.29, 0.717) is 24.2 Å². The van der Waals surface area contributed by atoms with Gasteiger partial charge in [0.25, 0.3) is 0 Å². The summed E-state index contributed by atoms with van der Waals surface area (Å²) in [7, 11) is 5.06. The standard InChI is InChI=1S/C32H43F3N4O4/c1-31(2,3)24-25(37-18-20-17-21(32(33,34)35)14-15-23(20)43-6)26(22-13-10-16-36-28(22)38(4)5)39(27(24)30(41)42)29(40)19-11-8-7-9-12-19/h10,13-17,19,24-27,37H,7-9,11-12,18H2,1-6H3,(H,41,42). The largest absolute Gasteiger partial charge is 0.496 e. The summed E-state index contributed by atoms with van der Waals surface area (Å²) in [5.74, 6) is -1.31. The first kappa shape index (κ1) is 32.6. The van der Waals surface area contributed by atoms with Crippen molar-refractivity contribution in [1.29, 1.82) is 0 Å². The van der Waals surface area contributed by atoms with Gasteiger partial charge < -0.3 is 25.0 Å². The summed E-state index contributed by atoms with van der Waals surface area (Å²) in [5.41, 5.74) is -0.436. The summed E-state index contributed by atoms with van der Waals surface area (Å²) < 4.78 is 46.3. The van der Waals surface area contributed by atoms with Crippen molar-refractivity contribution in [2.24, 2.45) is 17.3 Å². The number of benzene rings is 1. The number of carboxylic acids is 1. The molecule has 1 saturated heterocycles. The minimum Gasteiger partial charge on any atom is -0.496 e. The predicted molar refractivity (Wildman–Crippen MR) is 158 cm³/mol. The number of hydrogen-bond donors (Lipinski definition) is 2. The highest BCUT2D eigenvalue weighted by Crippen LogP contribution is 2.50. The second-order valence-corrected chi connectivity index (χ2v) is 12.9. The highest BCUT2D eigenvalue weighted by Gasteiger charge is 2.59. The minimum atomic E-state index is -4.54. The molecule has 1 aliphatic carbocycles. The van der Waals surface area contributed by atoms with Gasteiger partial charge in [0.1, 0.15) is 17.6 Å². The van der Waals surface area contributed by atoms with Crippen LogP contribution in [0.25, 0.3) is 0 Å². The quantitative estimate of drug-likeness (QED) is 0.387. The topological polar surface area (TPSA) is 95.0 Å². The number of hydrogen-bond acceptors (Lipinski definition) is 6. The van der Waals surface area contributed by atoms with Gasteiger partial charge in [0, 0.05) is 55.8 Å². The summed E-state index contributed by atoms with van der Waals surface area (Å²) in [6, 6.07) is 4.42. The number of carbonyl (C=O) groups is 2. The van der Waals surface area contributed by atoms with E-state index in [1.54, 1.807) is 17.2 Å². The predicted octanol–water partition coefficient (Wildman–Crippen LogP) is 5.91. The van der Waals surface area contributed by atoms with E-state index >= 15 is 0 Å². The third-order valence-corrected chi connectivity index (χ3v) is 8.82. The van der Waals surface area contributed by atoms with Crippen molar-refractivity contribution in [2.45, 2.75) is 83.7 Å². The third-order valence-electron chi connectivity index (χ3n) is 8.82. The van der Waals surface area contributed by atoms with E-state index in [2.05, 4.69) is 10.3 Å². The van der Waals surface area contributed by atoms with Gasteiger partial charge in [0.2, 0.25) is 5.91 Å². The van der Waals surface area contributed by atoms with Gasteiger partial charge in [-0.25, -0.2) is 9.78 Å². The molecule has 2 heterocycles. The molecule has 4 rings (SSSR count). The molecule has 0 bridgehead atoms. The molecule has 236 valence electrons. The zero-order chi connectivity index (χ0) is 31.7. The maximum Gasteiger partial charge on any atom is 0.416 e. The minimum absolute atomic E-state index is 0.0315. The summed E-state index contributed by atoms with van der Waals surface area (Å²) in [6.07, 6.45) is 1.34. The Morgan fingerprint density at radius 2 is 1.79 bits per heavy atom. The van der Waals surface area contributed by atoms with Gasteiger partial charge in [-0.05, 0) is 42.5 Å². The molecule has 2 N–H and O–H groups in total. The Hall–Kier alpha value is -3.34. The number of ether oxygens (including phenoxy) is 1. The number of rotatable bonds is 8. The molecule has 1 aromatic heterocycles. The Kier molecular flexibility index (Phi) is 9.63. The van der Waals surface area contributed by atoms with Crippen LogP contribution in [0.4, 0.5) is 19.0 Å². The highest BCUT2D eigenvalue weighted by molar-refractivity contribution is 5.87. The van der Waals surface area contributed by atoms with Crippen molar-refractivity contribution in [1.82, 2.24) is 15.2 Å². The van der Waals surface area contributed by atoms with Crippen LogP contribution in [-0.4, -0.2) is 60.2 Å². The molecule has 2 aliphatic rings. The molecule has 8 nitrogen and oxygen atoms in total. The lowest BCUT2D eigenvalue weighted by atomic mass is 9.72. The van der Waals surface area contributed by atoms with E-state index < -0.39 is 47.2 Å². The van der Waals surface area contributed by atoms with Gasteiger partial charge in [-0.3, -0.25) is 4.79 Å². The van der Waals surface area contributed by atoms with E-state index in [9.17, 15) is 27.9 Å². The maximum absolute atomic E-state index is 14.4. The number of pyridine rings is 1. The number of alkyl halides is 3. The molecular weight excluding hydrogens is 561 g/mol. The van der Waals surface area contributed by atoms with Gasteiger partial charge in [-0.1, -0.05) is 46.1 Å². The van der Waals surface area contributed by atoms with E-state index in [1.165, 1.54) is 13.2 Å². The number of halogens is 3. The van der Waals surface area contributed by atoms with E-state index in [0.717, 1.165) is 31.4 Å². The van der Waals surface area contributed by atoms with Crippen molar-refractivity contribution < 1.29 is 32.6 Å². The average molecular weight is 605 g/mol. The first-order valence-corrected chi connectivity index (χ1v) is 14.8. The molecule has 43 heavy (non-hydrogen) atoms. The molecule has 2 aromatic rings. The van der Waals surface area contributed by atoms with Crippen LogP contribution in [0.15, 0.2) is 36.5 Å². The molecular formula is C32H43F3N4O4. The number of aromatic nitrogens is 1. The second kappa shape index (κ2) is 12.7. The fourth-order valence-corrected chi connectivity index (χ4v) is 6.95. The molecule has 11 heteroatoms. The Morgan fingerprint density at radius 1 is 1.12 bits per heavy atom. The number of methoxy groups -OCH3 is 1. The fraction of sp³-hybridized carbons (Fsp3) is 0.594. The average Bonchev–Trinajstić information content (AvgIpc) is 3.31. The van der Waals surface area contributed by atoms with Crippen LogP contribution < -0.4 is 15.0 Å². The van der Waals surface area contributed by atoms with Crippen LogP contribution in [0.3, 0.4) is 0 Å². The van der Waals surface area contributed by atoms with Gasteiger partial charge in [-0.2, -0.15) is 13.2 Å². The first-order valence-electron chi connectivity index (χ1n) is 14.8. The van der Waals surface area contributed by atoms with E-state index in [1.807, 2.05) is 45.8 Å². The van der Waals surface area contributed by atoms with Crippen LogP contribution in [-0.2, 0) is 22.3 Å². The number of anilines is 1. The maximum atomic E-state index is 14.4. The van der Waals surface area contributed by atoms with Crippen molar-refractivity contribution >= 4 is 17.7 Å². The lowest BCUT2D eigenvalue weighted by molar-refractivity contribution is -0.154. The lowest BCUT2D eigenvalue weighted by Crippen LogP contribution is -2.49. The molecule has 4 unspecified atom stereocenters. The monoisotopic (exact) mass is 604 g/mol. The van der Waals surface area contributed by atoms with Gasteiger partial charge >= 0.3 is 12.1 Å². The summed E-state index contributed by atoms with van der Waals surface area (Å²) >= 11 is 0. The van der Waals surface area contributed by atoms with Gasteiger partial charge in [0.15, 0.2) is 0 Å². The summed E-state index contributed by atoms with van der Waals surface area (Å²) in [4.78, 5) is 35.5. The number of amides is 1. The van der Waals surface area contributed by atoms with Crippen LogP contribution in [0.5, 0.6) is 5.75 Å². The van der Waals surface area contributed by atoms with Crippen LogP contribution in [0, 0.1) is 17.3 Å². The Balaban J connectivity index is 1.89. The molecule has 1 aliphatic heterocycles. The molecule has 2 fully saturated rings. The van der Waals surface area contributed by atoms with Crippen molar-refractivity contribution in [3.8, 4) is 5.75 Å². The number of nitrogens with zero attached hydrogens (tertiary/aromatic N) is 3. The van der Waals surface area contributed by atoms with Gasteiger partial charge in [0.05, 0.1) is 18.7 Å². The number of carbonyl (C=O) groups excluding carboxylic acids is 1. The molecule has 1 saturated carbocycles. The lowest BCUT2D eigenvalue weighted by Gasteiger charge is -2.36. The zero-order valence-corrected chi connectivity index (χ0v) is 25.7.